The lowest BCUT2D eigenvalue weighted by Gasteiger charge is -2.41. The molecule has 0 atom stereocenters. The molecule has 0 bridgehead atoms. The van der Waals surface area contributed by atoms with Crippen molar-refractivity contribution in [3.63, 3.8) is 0 Å². The highest BCUT2D eigenvalue weighted by Gasteiger charge is 2.28. The summed E-state index contributed by atoms with van der Waals surface area (Å²) in [5.74, 6) is 0. The first-order valence-corrected chi connectivity index (χ1v) is 6.55. The van der Waals surface area contributed by atoms with Crippen molar-refractivity contribution < 1.29 is 0 Å². The van der Waals surface area contributed by atoms with Gasteiger partial charge in [-0.15, -0.1) is 0 Å². The fourth-order valence-electron chi connectivity index (χ4n) is 2.55. The third-order valence-electron chi connectivity index (χ3n) is 4.18. The fraction of sp³-hybridized carbons (Fsp3) is 0.600. The molecule has 0 spiro atoms. The van der Waals surface area contributed by atoms with Crippen LogP contribution in [0.15, 0.2) is 18.2 Å². The van der Waals surface area contributed by atoms with Crippen LogP contribution >= 0.6 is 0 Å². The third kappa shape index (κ3) is 2.63. The Kier molecular flexibility index (Phi) is 3.43. The zero-order chi connectivity index (χ0) is 12.5. The van der Waals surface area contributed by atoms with Gasteiger partial charge in [-0.1, -0.05) is 12.1 Å². The molecule has 1 heterocycles. The standard InChI is InChI=1S/C15H24N2/c1-12-5-6-13(2)14(11-12)17-9-7-15(3,16-4)8-10-17/h5-6,11,16H,7-10H2,1-4H3. The Bertz CT molecular complexity index is 390. The number of benzene rings is 1. The molecule has 2 nitrogen and oxygen atoms in total. The van der Waals surface area contributed by atoms with Crippen LogP contribution in [0.4, 0.5) is 5.69 Å². The molecule has 2 rings (SSSR count). The molecule has 1 aliphatic heterocycles. The fourth-order valence-corrected chi connectivity index (χ4v) is 2.55. The zero-order valence-corrected chi connectivity index (χ0v) is 11.5. The first-order chi connectivity index (χ1) is 8.04. The molecule has 1 saturated heterocycles. The average Bonchev–Trinajstić information content (AvgIpc) is 2.34. The van der Waals surface area contributed by atoms with Gasteiger partial charge in [0.05, 0.1) is 0 Å². The van der Waals surface area contributed by atoms with Gasteiger partial charge in [-0.2, -0.15) is 0 Å². The number of hydrogen-bond donors (Lipinski definition) is 1. The van der Waals surface area contributed by atoms with E-state index in [1.807, 2.05) is 0 Å². The Balaban J connectivity index is 2.13. The van der Waals surface area contributed by atoms with Crippen LogP contribution in [0.25, 0.3) is 0 Å². The molecule has 0 aliphatic carbocycles. The molecule has 0 amide bonds. The van der Waals surface area contributed by atoms with E-state index in [-0.39, 0.29) is 0 Å². The summed E-state index contributed by atoms with van der Waals surface area (Å²) in [7, 11) is 2.08. The van der Waals surface area contributed by atoms with Gasteiger partial charge >= 0.3 is 0 Å². The van der Waals surface area contributed by atoms with Gasteiger partial charge in [0.1, 0.15) is 0 Å². The summed E-state index contributed by atoms with van der Waals surface area (Å²) >= 11 is 0. The molecule has 0 radical (unpaired) electrons. The Hall–Kier alpha value is -1.02. The summed E-state index contributed by atoms with van der Waals surface area (Å²) in [5, 5.41) is 3.45. The van der Waals surface area contributed by atoms with Crippen molar-refractivity contribution in [3.8, 4) is 0 Å². The highest BCUT2D eigenvalue weighted by Crippen LogP contribution is 2.28. The summed E-state index contributed by atoms with van der Waals surface area (Å²) in [4.78, 5) is 2.53. The summed E-state index contributed by atoms with van der Waals surface area (Å²) in [6.07, 6.45) is 2.44. The van der Waals surface area contributed by atoms with Crippen LogP contribution in [0.2, 0.25) is 0 Å². The molecule has 0 saturated carbocycles. The SMILES string of the molecule is CNC1(C)CCN(c2cc(C)ccc2C)CC1. The first kappa shape index (κ1) is 12.4. The van der Waals surface area contributed by atoms with Gasteiger partial charge in [0, 0.05) is 24.3 Å². The lowest BCUT2D eigenvalue weighted by molar-refractivity contribution is 0.305. The Morgan fingerprint density at radius 2 is 1.82 bits per heavy atom. The van der Waals surface area contributed by atoms with Gasteiger partial charge < -0.3 is 10.2 Å². The molecule has 0 unspecified atom stereocenters. The second-order valence-electron chi connectivity index (χ2n) is 5.59. The Morgan fingerprint density at radius 1 is 1.18 bits per heavy atom. The van der Waals surface area contributed by atoms with Crippen LogP contribution in [0, 0.1) is 13.8 Å². The number of nitrogens with one attached hydrogen (secondary N) is 1. The summed E-state index contributed by atoms with van der Waals surface area (Å²) < 4.78 is 0. The molecule has 17 heavy (non-hydrogen) atoms. The largest absolute Gasteiger partial charge is 0.371 e. The van der Waals surface area contributed by atoms with E-state index in [1.54, 1.807) is 0 Å². The normalized spacial score (nSPS) is 19.4. The molecular weight excluding hydrogens is 208 g/mol. The zero-order valence-electron chi connectivity index (χ0n) is 11.5. The number of hydrogen-bond acceptors (Lipinski definition) is 2. The molecule has 1 fully saturated rings. The van der Waals surface area contributed by atoms with Crippen molar-refractivity contribution in [2.45, 2.75) is 39.2 Å². The van der Waals surface area contributed by atoms with Gasteiger partial charge in [-0.3, -0.25) is 0 Å². The Morgan fingerprint density at radius 3 is 2.41 bits per heavy atom. The lowest BCUT2D eigenvalue weighted by Crippen LogP contribution is -2.50. The highest BCUT2D eigenvalue weighted by molar-refractivity contribution is 5.55. The minimum atomic E-state index is 0.328. The van der Waals surface area contributed by atoms with Crippen molar-refractivity contribution >= 4 is 5.69 Å². The Labute approximate surface area is 105 Å². The van der Waals surface area contributed by atoms with Crippen LogP contribution < -0.4 is 10.2 Å². The summed E-state index contributed by atoms with van der Waals surface area (Å²) in [6, 6.07) is 6.74. The maximum Gasteiger partial charge on any atom is 0.0398 e. The van der Waals surface area contributed by atoms with Gasteiger partial charge in [0.15, 0.2) is 0 Å². The smallest absolute Gasteiger partial charge is 0.0398 e. The van der Waals surface area contributed by atoms with Gasteiger partial charge in [-0.05, 0) is 57.9 Å². The average molecular weight is 232 g/mol. The van der Waals surface area contributed by atoms with E-state index in [1.165, 1.54) is 29.7 Å². The number of aryl methyl sites for hydroxylation is 2. The van der Waals surface area contributed by atoms with E-state index in [4.69, 9.17) is 0 Å². The van der Waals surface area contributed by atoms with E-state index < -0.39 is 0 Å². The van der Waals surface area contributed by atoms with Gasteiger partial charge in [-0.25, -0.2) is 0 Å². The molecule has 0 aromatic heterocycles. The highest BCUT2D eigenvalue weighted by atomic mass is 15.2. The topological polar surface area (TPSA) is 15.3 Å². The van der Waals surface area contributed by atoms with E-state index in [0.29, 0.717) is 5.54 Å². The molecule has 1 N–H and O–H groups in total. The molecule has 2 heteroatoms. The predicted molar refractivity (Wildman–Crippen MR) is 74.8 cm³/mol. The quantitative estimate of drug-likeness (QED) is 0.843. The minimum Gasteiger partial charge on any atom is -0.371 e. The lowest BCUT2D eigenvalue weighted by atomic mass is 9.89. The number of anilines is 1. The van der Waals surface area contributed by atoms with Crippen molar-refractivity contribution in [1.82, 2.24) is 5.32 Å². The van der Waals surface area contributed by atoms with E-state index >= 15 is 0 Å². The maximum absolute atomic E-state index is 3.45. The maximum atomic E-state index is 3.45. The van der Waals surface area contributed by atoms with Gasteiger partial charge in [0.2, 0.25) is 0 Å². The third-order valence-corrected chi connectivity index (χ3v) is 4.18. The molecule has 1 aliphatic rings. The van der Waals surface area contributed by atoms with Crippen LogP contribution in [-0.4, -0.2) is 25.7 Å². The first-order valence-electron chi connectivity index (χ1n) is 6.55. The van der Waals surface area contributed by atoms with E-state index in [2.05, 4.69) is 56.2 Å². The summed E-state index contributed by atoms with van der Waals surface area (Å²) in [5.41, 5.74) is 4.49. The summed E-state index contributed by atoms with van der Waals surface area (Å²) in [6.45, 7) is 9.02. The van der Waals surface area contributed by atoms with Crippen LogP contribution in [0.1, 0.15) is 30.9 Å². The van der Waals surface area contributed by atoms with E-state index in [0.717, 1.165) is 13.1 Å². The van der Waals surface area contributed by atoms with Gasteiger partial charge in [0.25, 0.3) is 0 Å². The monoisotopic (exact) mass is 232 g/mol. The second kappa shape index (κ2) is 4.69. The number of piperidine rings is 1. The van der Waals surface area contributed by atoms with Crippen LogP contribution in [0.5, 0.6) is 0 Å². The van der Waals surface area contributed by atoms with Crippen molar-refractivity contribution in [3.05, 3.63) is 29.3 Å². The molecule has 1 aromatic carbocycles. The van der Waals surface area contributed by atoms with Crippen LogP contribution in [-0.2, 0) is 0 Å². The second-order valence-corrected chi connectivity index (χ2v) is 5.59. The predicted octanol–water partition coefficient (Wildman–Crippen LogP) is 2.88. The minimum absolute atomic E-state index is 0.328. The van der Waals surface area contributed by atoms with Crippen LogP contribution in [0.3, 0.4) is 0 Å². The van der Waals surface area contributed by atoms with Crippen molar-refractivity contribution in [1.29, 1.82) is 0 Å². The number of nitrogens with zero attached hydrogens (tertiary/aromatic N) is 1. The number of rotatable bonds is 2. The van der Waals surface area contributed by atoms with E-state index in [9.17, 15) is 0 Å². The molecule has 94 valence electrons. The molecular formula is C15H24N2. The van der Waals surface area contributed by atoms with Crippen molar-refractivity contribution in [2.75, 3.05) is 25.0 Å². The van der Waals surface area contributed by atoms with Crippen molar-refractivity contribution in [2.24, 2.45) is 0 Å². The molecule has 1 aromatic rings.